The first kappa shape index (κ1) is 9.58. The average molecular weight is 201 g/mol. The lowest BCUT2D eigenvalue weighted by Gasteiger charge is -2.04. The van der Waals surface area contributed by atoms with Crippen LogP contribution in [0.1, 0.15) is 11.1 Å². The Labute approximate surface area is 87.2 Å². The lowest BCUT2D eigenvalue weighted by atomic mass is 10.2. The first-order valence-electron chi connectivity index (χ1n) is 4.67. The smallest absolute Gasteiger partial charge is 0.256 e. The highest BCUT2D eigenvalue weighted by atomic mass is 16.1. The third-order valence-electron chi connectivity index (χ3n) is 2.17. The molecule has 2 heterocycles. The Hall–Kier alpha value is -1.97. The van der Waals surface area contributed by atoms with E-state index < -0.39 is 0 Å². The predicted octanol–water partition coefficient (Wildman–Crippen LogP) is 0.995. The Morgan fingerprint density at radius 1 is 1.27 bits per heavy atom. The van der Waals surface area contributed by atoms with E-state index in [1.54, 1.807) is 36.4 Å². The second kappa shape index (κ2) is 4.04. The molecular formula is C11H11N3O. The molecule has 4 nitrogen and oxygen atoms in total. The normalized spacial score (nSPS) is 10.2. The van der Waals surface area contributed by atoms with Gasteiger partial charge in [-0.05, 0) is 24.6 Å². The molecule has 2 aromatic rings. The SMILES string of the molecule is Cc1cncn(Cc2ccncc2)c1=O. The van der Waals surface area contributed by atoms with Crippen LogP contribution in [0.25, 0.3) is 0 Å². The van der Waals surface area contributed by atoms with Gasteiger partial charge in [0.2, 0.25) is 0 Å². The molecule has 76 valence electrons. The van der Waals surface area contributed by atoms with Crippen LogP contribution in [0.4, 0.5) is 0 Å². The molecule has 0 bridgehead atoms. The number of hydrogen-bond donors (Lipinski definition) is 0. The molecule has 0 aromatic carbocycles. The van der Waals surface area contributed by atoms with Crippen molar-refractivity contribution in [1.82, 2.24) is 14.5 Å². The molecule has 0 N–H and O–H groups in total. The number of pyridine rings is 1. The Morgan fingerprint density at radius 2 is 2.00 bits per heavy atom. The van der Waals surface area contributed by atoms with Crippen LogP contribution in [-0.2, 0) is 6.54 Å². The summed E-state index contributed by atoms with van der Waals surface area (Å²) in [4.78, 5) is 19.6. The van der Waals surface area contributed by atoms with Crippen molar-refractivity contribution in [3.05, 3.63) is 58.5 Å². The standard InChI is InChI=1S/C11H11N3O/c1-9-6-13-8-14(11(9)15)7-10-2-4-12-5-3-10/h2-6,8H,7H2,1H3. The molecule has 0 aliphatic heterocycles. The fourth-order valence-corrected chi connectivity index (χ4v) is 1.36. The number of rotatable bonds is 2. The van der Waals surface area contributed by atoms with Crippen molar-refractivity contribution < 1.29 is 0 Å². The molecule has 0 aliphatic rings. The molecule has 0 amide bonds. The summed E-state index contributed by atoms with van der Waals surface area (Å²) in [7, 11) is 0. The van der Waals surface area contributed by atoms with Gasteiger partial charge in [-0.25, -0.2) is 4.98 Å². The number of hydrogen-bond acceptors (Lipinski definition) is 3. The third kappa shape index (κ3) is 2.10. The fourth-order valence-electron chi connectivity index (χ4n) is 1.36. The zero-order valence-electron chi connectivity index (χ0n) is 8.42. The van der Waals surface area contributed by atoms with E-state index in [0.29, 0.717) is 12.1 Å². The van der Waals surface area contributed by atoms with Gasteiger partial charge in [-0.2, -0.15) is 0 Å². The predicted molar refractivity (Wildman–Crippen MR) is 56.6 cm³/mol. The van der Waals surface area contributed by atoms with E-state index in [1.165, 1.54) is 0 Å². The van der Waals surface area contributed by atoms with Crippen molar-refractivity contribution in [3.8, 4) is 0 Å². The maximum atomic E-state index is 11.7. The van der Waals surface area contributed by atoms with E-state index in [4.69, 9.17) is 0 Å². The van der Waals surface area contributed by atoms with E-state index in [0.717, 1.165) is 5.56 Å². The minimum Gasteiger partial charge on any atom is -0.295 e. The molecule has 4 heteroatoms. The van der Waals surface area contributed by atoms with E-state index in [-0.39, 0.29) is 5.56 Å². The highest BCUT2D eigenvalue weighted by Crippen LogP contribution is 1.98. The quantitative estimate of drug-likeness (QED) is 0.728. The van der Waals surface area contributed by atoms with Gasteiger partial charge in [0.15, 0.2) is 0 Å². The maximum Gasteiger partial charge on any atom is 0.256 e. The topological polar surface area (TPSA) is 47.8 Å². The van der Waals surface area contributed by atoms with Gasteiger partial charge in [-0.15, -0.1) is 0 Å². The summed E-state index contributed by atoms with van der Waals surface area (Å²) < 4.78 is 1.59. The lowest BCUT2D eigenvalue weighted by Crippen LogP contribution is -2.22. The van der Waals surface area contributed by atoms with E-state index >= 15 is 0 Å². The van der Waals surface area contributed by atoms with Crippen molar-refractivity contribution in [1.29, 1.82) is 0 Å². The Bertz CT molecular complexity index is 505. The van der Waals surface area contributed by atoms with Crippen LogP contribution in [0, 0.1) is 6.92 Å². The minimum atomic E-state index is 0.00168. The summed E-state index contributed by atoms with van der Waals surface area (Å²) in [5, 5.41) is 0. The van der Waals surface area contributed by atoms with Gasteiger partial charge in [-0.3, -0.25) is 14.3 Å². The van der Waals surface area contributed by atoms with Crippen molar-refractivity contribution in [2.45, 2.75) is 13.5 Å². The van der Waals surface area contributed by atoms with Crippen LogP contribution in [-0.4, -0.2) is 14.5 Å². The third-order valence-corrected chi connectivity index (χ3v) is 2.17. The lowest BCUT2D eigenvalue weighted by molar-refractivity contribution is 0.727. The molecule has 0 saturated carbocycles. The van der Waals surface area contributed by atoms with E-state index in [2.05, 4.69) is 9.97 Å². The van der Waals surface area contributed by atoms with E-state index in [1.807, 2.05) is 12.1 Å². The molecule has 2 rings (SSSR count). The van der Waals surface area contributed by atoms with Crippen LogP contribution in [0.15, 0.2) is 41.8 Å². The Balaban J connectivity index is 2.33. The summed E-state index contributed by atoms with van der Waals surface area (Å²) in [6.45, 7) is 2.30. The molecule has 0 unspecified atom stereocenters. The van der Waals surface area contributed by atoms with Crippen LogP contribution in [0.2, 0.25) is 0 Å². The fraction of sp³-hybridized carbons (Fsp3) is 0.182. The summed E-state index contributed by atoms with van der Waals surface area (Å²) in [5.41, 5.74) is 1.70. The van der Waals surface area contributed by atoms with Crippen molar-refractivity contribution in [2.24, 2.45) is 0 Å². The summed E-state index contributed by atoms with van der Waals surface area (Å²) in [6, 6.07) is 3.77. The molecule has 2 aromatic heterocycles. The van der Waals surface area contributed by atoms with Crippen LogP contribution >= 0.6 is 0 Å². The van der Waals surface area contributed by atoms with Crippen LogP contribution in [0.5, 0.6) is 0 Å². The first-order chi connectivity index (χ1) is 7.27. The summed E-state index contributed by atoms with van der Waals surface area (Å²) in [5.74, 6) is 0. The molecule has 15 heavy (non-hydrogen) atoms. The average Bonchev–Trinajstić information content (AvgIpc) is 2.26. The second-order valence-electron chi connectivity index (χ2n) is 3.37. The van der Waals surface area contributed by atoms with Gasteiger partial charge in [0.1, 0.15) is 0 Å². The highest BCUT2D eigenvalue weighted by molar-refractivity contribution is 5.11. The molecule has 0 atom stereocenters. The summed E-state index contributed by atoms with van der Waals surface area (Å²) >= 11 is 0. The number of nitrogens with zero attached hydrogens (tertiary/aromatic N) is 3. The number of aromatic nitrogens is 3. The van der Waals surface area contributed by atoms with E-state index in [9.17, 15) is 4.79 Å². The van der Waals surface area contributed by atoms with Crippen LogP contribution in [0.3, 0.4) is 0 Å². The molecule has 0 fully saturated rings. The van der Waals surface area contributed by atoms with Crippen molar-refractivity contribution in [3.63, 3.8) is 0 Å². The maximum absolute atomic E-state index is 11.7. The van der Waals surface area contributed by atoms with Gasteiger partial charge in [0, 0.05) is 24.2 Å². The Kier molecular flexibility index (Phi) is 2.58. The molecule has 0 saturated heterocycles. The molecule has 0 spiro atoms. The highest BCUT2D eigenvalue weighted by Gasteiger charge is 1.99. The Morgan fingerprint density at radius 3 is 2.73 bits per heavy atom. The minimum absolute atomic E-state index is 0.00168. The molecule has 0 aliphatic carbocycles. The summed E-state index contributed by atoms with van der Waals surface area (Å²) in [6.07, 6.45) is 6.55. The monoisotopic (exact) mass is 201 g/mol. The number of aryl methyl sites for hydroxylation is 1. The molecular weight excluding hydrogens is 190 g/mol. The zero-order chi connectivity index (χ0) is 10.7. The largest absolute Gasteiger partial charge is 0.295 e. The van der Waals surface area contributed by atoms with Crippen molar-refractivity contribution in [2.75, 3.05) is 0 Å². The van der Waals surface area contributed by atoms with Gasteiger partial charge < -0.3 is 0 Å². The second-order valence-corrected chi connectivity index (χ2v) is 3.37. The zero-order valence-corrected chi connectivity index (χ0v) is 8.42. The van der Waals surface area contributed by atoms with Gasteiger partial charge >= 0.3 is 0 Å². The van der Waals surface area contributed by atoms with Crippen molar-refractivity contribution >= 4 is 0 Å². The van der Waals surface area contributed by atoms with Gasteiger partial charge in [0.05, 0.1) is 12.9 Å². The molecule has 0 radical (unpaired) electrons. The first-order valence-corrected chi connectivity index (χ1v) is 4.67. The van der Waals surface area contributed by atoms with Crippen LogP contribution < -0.4 is 5.56 Å². The van der Waals surface area contributed by atoms with Gasteiger partial charge in [0.25, 0.3) is 5.56 Å². The van der Waals surface area contributed by atoms with Gasteiger partial charge in [-0.1, -0.05) is 0 Å².